The Hall–Kier alpha value is -2.26. The standard InChI is InChI=1S/C11H8N2O3/c14-7-12-8-1-3-9(4-2-8)13-10(15)5-6-11(13)16/h1,3,5-6H,2,4H2. The van der Waals surface area contributed by atoms with Crippen molar-refractivity contribution in [3.05, 3.63) is 35.7 Å². The molecule has 2 aliphatic rings. The molecule has 2 amide bonds. The predicted molar refractivity (Wildman–Crippen MR) is 54.5 cm³/mol. The van der Waals surface area contributed by atoms with E-state index in [1.54, 1.807) is 12.2 Å². The number of nitrogens with zero attached hydrogens (tertiary/aromatic N) is 2. The Bertz CT molecular complexity index is 475. The van der Waals surface area contributed by atoms with E-state index in [1.165, 1.54) is 18.2 Å². The van der Waals surface area contributed by atoms with Crippen LogP contribution in [0.2, 0.25) is 0 Å². The molecule has 0 saturated carbocycles. The molecule has 16 heavy (non-hydrogen) atoms. The van der Waals surface area contributed by atoms with Crippen molar-refractivity contribution < 1.29 is 14.4 Å². The maximum Gasteiger partial charge on any atom is 0.257 e. The van der Waals surface area contributed by atoms with Crippen molar-refractivity contribution in [3.8, 4) is 0 Å². The summed E-state index contributed by atoms with van der Waals surface area (Å²) in [6.45, 7) is 0. The number of rotatable bonds is 2. The van der Waals surface area contributed by atoms with Gasteiger partial charge >= 0.3 is 0 Å². The van der Waals surface area contributed by atoms with Crippen LogP contribution in [0, 0.1) is 0 Å². The van der Waals surface area contributed by atoms with Crippen LogP contribution < -0.4 is 0 Å². The fourth-order valence-electron chi connectivity index (χ4n) is 1.64. The van der Waals surface area contributed by atoms with Gasteiger partial charge in [0.25, 0.3) is 11.8 Å². The van der Waals surface area contributed by atoms with Crippen LogP contribution in [-0.4, -0.2) is 22.8 Å². The molecular formula is C11H8N2O3. The van der Waals surface area contributed by atoms with Gasteiger partial charge in [0.05, 0.1) is 5.70 Å². The number of aliphatic imine (C=N–C) groups is 1. The number of carbonyl (C=O) groups is 2. The fourth-order valence-corrected chi connectivity index (χ4v) is 1.64. The van der Waals surface area contributed by atoms with Gasteiger partial charge in [0.15, 0.2) is 0 Å². The molecule has 0 N–H and O–H groups in total. The van der Waals surface area contributed by atoms with Crippen molar-refractivity contribution in [1.29, 1.82) is 0 Å². The van der Waals surface area contributed by atoms with Crippen molar-refractivity contribution in [2.45, 2.75) is 12.8 Å². The zero-order chi connectivity index (χ0) is 11.5. The van der Waals surface area contributed by atoms with Gasteiger partial charge < -0.3 is 0 Å². The van der Waals surface area contributed by atoms with Crippen LogP contribution in [0.5, 0.6) is 0 Å². The molecule has 0 saturated heterocycles. The number of carbonyl (C=O) groups excluding carboxylic acids is 3. The minimum atomic E-state index is -0.327. The lowest BCUT2D eigenvalue weighted by Gasteiger charge is -2.19. The van der Waals surface area contributed by atoms with Crippen molar-refractivity contribution in [2.24, 2.45) is 4.99 Å². The van der Waals surface area contributed by atoms with Crippen molar-refractivity contribution in [1.82, 2.24) is 4.90 Å². The molecule has 0 bridgehead atoms. The van der Waals surface area contributed by atoms with Gasteiger partial charge in [0, 0.05) is 17.8 Å². The second kappa shape index (κ2) is 4.08. The van der Waals surface area contributed by atoms with Crippen LogP contribution in [0.3, 0.4) is 0 Å². The summed E-state index contributed by atoms with van der Waals surface area (Å²) in [5.41, 5.74) is 1.23. The van der Waals surface area contributed by atoms with Crippen LogP contribution in [0.15, 0.2) is 40.7 Å². The summed E-state index contributed by atoms with van der Waals surface area (Å²) >= 11 is 0. The Morgan fingerprint density at radius 2 is 1.81 bits per heavy atom. The maximum absolute atomic E-state index is 11.4. The van der Waals surface area contributed by atoms with Gasteiger partial charge in [0.2, 0.25) is 6.08 Å². The van der Waals surface area contributed by atoms with E-state index >= 15 is 0 Å². The van der Waals surface area contributed by atoms with Crippen molar-refractivity contribution in [2.75, 3.05) is 0 Å². The number of amides is 2. The van der Waals surface area contributed by atoms with Crippen LogP contribution in [0.4, 0.5) is 0 Å². The molecule has 5 nitrogen and oxygen atoms in total. The highest BCUT2D eigenvalue weighted by Gasteiger charge is 2.27. The van der Waals surface area contributed by atoms with E-state index in [2.05, 4.69) is 4.99 Å². The SMILES string of the molecule is O=C=NC1=CC=C(N2C(=O)C=CC2=O)CC1. The second-order valence-corrected chi connectivity index (χ2v) is 3.36. The van der Waals surface area contributed by atoms with E-state index in [0.29, 0.717) is 24.2 Å². The molecule has 1 aliphatic carbocycles. The minimum Gasteiger partial charge on any atom is -0.269 e. The highest BCUT2D eigenvalue weighted by molar-refractivity contribution is 6.14. The van der Waals surface area contributed by atoms with E-state index in [-0.39, 0.29) is 11.8 Å². The van der Waals surface area contributed by atoms with Crippen LogP contribution in [0.25, 0.3) is 0 Å². The van der Waals surface area contributed by atoms with Crippen molar-refractivity contribution in [3.63, 3.8) is 0 Å². The lowest BCUT2D eigenvalue weighted by molar-refractivity contribution is -0.134. The monoisotopic (exact) mass is 216 g/mol. The highest BCUT2D eigenvalue weighted by Crippen LogP contribution is 2.24. The zero-order valence-electron chi connectivity index (χ0n) is 8.34. The van der Waals surface area contributed by atoms with Crippen LogP contribution in [-0.2, 0) is 14.4 Å². The second-order valence-electron chi connectivity index (χ2n) is 3.36. The van der Waals surface area contributed by atoms with Gasteiger partial charge in [-0.3, -0.25) is 9.59 Å². The third-order valence-electron chi connectivity index (χ3n) is 2.39. The summed E-state index contributed by atoms with van der Waals surface area (Å²) in [7, 11) is 0. The first kappa shape index (κ1) is 10.3. The molecule has 0 aromatic carbocycles. The smallest absolute Gasteiger partial charge is 0.257 e. The topological polar surface area (TPSA) is 66.8 Å². The summed E-state index contributed by atoms with van der Waals surface area (Å²) < 4.78 is 0. The molecule has 1 aliphatic heterocycles. The normalized spacial score (nSPS) is 19.4. The molecule has 0 fully saturated rings. The Morgan fingerprint density at radius 1 is 1.12 bits per heavy atom. The van der Waals surface area contributed by atoms with E-state index in [4.69, 9.17) is 0 Å². The summed E-state index contributed by atoms with van der Waals surface area (Å²) in [6, 6.07) is 0. The number of isocyanates is 1. The Labute approximate surface area is 91.4 Å². The molecule has 0 radical (unpaired) electrons. The van der Waals surface area contributed by atoms with E-state index in [0.717, 1.165) is 4.90 Å². The predicted octanol–water partition coefficient (Wildman–Crippen LogP) is 0.809. The van der Waals surface area contributed by atoms with Gasteiger partial charge in [-0.05, 0) is 25.0 Å². The summed E-state index contributed by atoms with van der Waals surface area (Å²) in [5, 5.41) is 0. The third-order valence-corrected chi connectivity index (χ3v) is 2.39. The molecule has 2 rings (SSSR count). The van der Waals surface area contributed by atoms with Gasteiger partial charge in [-0.25, -0.2) is 9.69 Å². The lowest BCUT2D eigenvalue weighted by atomic mass is 10.1. The first-order chi connectivity index (χ1) is 7.72. The van der Waals surface area contributed by atoms with Crippen molar-refractivity contribution >= 4 is 17.9 Å². The first-order valence-corrected chi connectivity index (χ1v) is 4.76. The Morgan fingerprint density at radius 3 is 2.31 bits per heavy atom. The minimum absolute atomic E-state index is 0.327. The van der Waals surface area contributed by atoms with Gasteiger partial charge in [-0.2, -0.15) is 4.99 Å². The van der Waals surface area contributed by atoms with E-state index in [1.807, 2.05) is 0 Å². The molecule has 0 atom stereocenters. The van der Waals surface area contributed by atoms with Gasteiger partial charge in [0.1, 0.15) is 0 Å². The molecule has 0 aromatic rings. The van der Waals surface area contributed by atoms with E-state index < -0.39 is 0 Å². The van der Waals surface area contributed by atoms with Crippen LogP contribution >= 0.6 is 0 Å². The number of imide groups is 1. The Kier molecular flexibility index (Phi) is 2.62. The summed E-state index contributed by atoms with van der Waals surface area (Å²) in [4.78, 5) is 37.4. The number of allylic oxidation sites excluding steroid dienone is 4. The number of hydrogen-bond acceptors (Lipinski definition) is 4. The quantitative estimate of drug-likeness (QED) is 0.389. The summed E-state index contributed by atoms with van der Waals surface area (Å²) in [5.74, 6) is -0.654. The summed E-state index contributed by atoms with van der Waals surface area (Å²) in [6.07, 6.45) is 8.22. The highest BCUT2D eigenvalue weighted by atomic mass is 16.2. The average Bonchev–Trinajstić information content (AvgIpc) is 2.61. The molecule has 80 valence electrons. The molecular weight excluding hydrogens is 208 g/mol. The van der Waals surface area contributed by atoms with Crippen LogP contribution in [0.1, 0.15) is 12.8 Å². The Balaban J connectivity index is 2.22. The third kappa shape index (κ3) is 1.76. The van der Waals surface area contributed by atoms with E-state index in [9.17, 15) is 14.4 Å². The number of hydrogen-bond donors (Lipinski definition) is 0. The largest absolute Gasteiger partial charge is 0.269 e. The molecule has 0 unspecified atom stereocenters. The molecule has 5 heteroatoms. The first-order valence-electron chi connectivity index (χ1n) is 4.76. The maximum atomic E-state index is 11.4. The molecule has 0 aromatic heterocycles. The fraction of sp³-hybridized carbons (Fsp3) is 0.182. The average molecular weight is 216 g/mol. The van der Waals surface area contributed by atoms with Gasteiger partial charge in [-0.15, -0.1) is 0 Å². The lowest BCUT2D eigenvalue weighted by Crippen LogP contribution is -2.29. The molecule has 0 spiro atoms. The molecule has 1 heterocycles. The van der Waals surface area contributed by atoms with Gasteiger partial charge in [-0.1, -0.05) is 0 Å². The zero-order valence-corrected chi connectivity index (χ0v) is 8.34.